The van der Waals surface area contributed by atoms with E-state index in [2.05, 4.69) is 58.5 Å². The Hall–Kier alpha value is -6.96. The summed E-state index contributed by atoms with van der Waals surface area (Å²) in [4.78, 5) is 57.8. The van der Waals surface area contributed by atoms with E-state index in [4.69, 9.17) is 0 Å². The van der Waals surface area contributed by atoms with E-state index in [9.17, 15) is 29.4 Å². The number of allylic oxidation sites excluding steroid dienone is 2. The average Bonchev–Trinajstić information content (AvgIpc) is 4.15. The van der Waals surface area contributed by atoms with Crippen LogP contribution in [0.25, 0.3) is 34.4 Å². The predicted molar refractivity (Wildman–Crippen MR) is 287 cm³/mol. The summed E-state index contributed by atoms with van der Waals surface area (Å²) in [6.45, 7) is 10.3. The van der Waals surface area contributed by atoms with E-state index in [-0.39, 0.29) is 71.9 Å². The molecule has 2 fully saturated rings. The summed E-state index contributed by atoms with van der Waals surface area (Å²) in [5.41, 5.74) is 9.08. The number of likely N-dealkylation sites (tertiary alicyclic amines) is 2. The number of aliphatic hydroxyl groups excluding tert-OH is 2. The molecule has 4 N–H and O–H groups in total. The molecule has 10 rings (SSSR count). The van der Waals surface area contributed by atoms with Gasteiger partial charge in [0.05, 0.1) is 24.2 Å². The Kier molecular flexibility index (Phi) is 15.4. The third-order valence-electron chi connectivity index (χ3n) is 15.2. The molecule has 12 nitrogen and oxygen atoms in total. The third-order valence-corrected chi connectivity index (χ3v) is 15.2. The first-order chi connectivity index (χ1) is 35.1. The lowest BCUT2D eigenvalue weighted by atomic mass is 9.88. The molecule has 4 aliphatic heterocycles. The molecule has 2 amide bonds. The van der Waals surface area contributed by atoms with Crippen molar-refractivity contribution in [2.75, 3.05) is 36.9 Å². The van der Waals surface area contributed by atoms with E-state index in [0.29, 0.717) is 37.3 Å². The molecule has 372 valence electrons. The molecule has 6 aromatic rings. The number of aliphatic hydroxyl groups is 2. The molecular formula is C60H66N6O6. The molecule has 8 atom stereocenters. The zero-order chi connectivity index (χ0) is 50.5. The first kappa shape index (κ1) is 50.0. The van der Waals surface area contributed by atoms with Crippen LogP contribution in [0.5, 0.6) is 0 Å². The number of fused-ring (bicyclic) bond motifs is 6. The monoisotopic (exact) mass is 967 g/mol. The fraction of sp³-hybridized carbons (Fsp3) is 0.333. The van der Waals surface area contributed by atoms with E-state index in [1.807, 2.05) is 156 Å². The van der Waals surface area contributed by atoms with Crippen LogP contribution in [0.2, 0.25) is 0 Å². The minimum Gasteiger partial charge on any atom is -0.396 e. The second-order valence-electron chi connectivity index (χ2n) is 19.4. The summed E-state index contributed by atoms with van der Waals surface area (Å²) in [6, 6.07) is 42.7. The van der Waals surface area contributed by atoms with Crippen LogP contribution in [0.1, 0.15) is 75.1 Å². The first-order valence-corrected chi connectivity index (χ1v) is 25.5. The van der Waals surface area contributed by atoms with Crippen molar-refractivity contribution in [1.29, 1.82) is 0 Å². The SMILES string of the molecule is C/C=C/c1ccc2n(c1=O)C[C@@H]1[C@@H](CO)[C@H](C(=O)Nc3ccc(-c4ccccc4)cc3)N(CCC)[C@H]21.C/C=C\c1ccc2n(c1=O)C[C@@H]1[C@@H](CO)[C@H](C(=O)Nc3ccc(-c4ccccc4)cc3)N(CCC)[C@H]21. The van der Waals surface area contributed by atoms with Crippen LogP contribution >= 0.6 is 0 Å². The third kappa shape index (κ3) is 9.59. The van der Waals surface area contributed by atoms with E-state index < -0.39 is 12.1 Å². The number of benzene rings is 4. The number of amides is 2. The Balaban J connectivity index is 0.000000178. The molecule has 4 aromatic carbocycles. The highest BCUT2D eigenvalue weighted by Gasteiger charge is 2.56. The number of hydrogen-bond acceptors (Lipinski definition) is 8. The van der Waals surface area contributed by atoms with Crippen molar-refractivity contribution in [3.8, 4) is 22.3 Å². The number of hydrogen-bond donors (Lipinski definition) is 4. The second kappa shape index (κ2) is 22.2. The Labute approximate surface area is 422 Å². The van der Waals surface area contributed by atoms with Gasteiger partial charge in [0.2, 0.25) is 11.8 Å². The van der Waals surface area contributed by atoms with E-state index in [1.54, 1.807) is 0 Å². The predicted octanol–water partition coefficient (Wildman–Crippen LogP) is 9.12. The van der Waals surface area contributed by atoms with Gasteiger partial charge in [-0.1, -0.05) is 123 Å². The summed E-state index contributed by atoms with van der Waals surface area (Å²) in [7, 11) is 0. The van der Waals surface area contributed by atoms with Crippen molar-refractivity contribution in [2.24, 2.45) is 23.7 Å². The standard InChI is InChI=1S/2C30H33N3O3/c2*1-3-8-22-13-16-26-27-24(18-33(26)30(22)36)25(19-34)28(32(27)17-4-2)29(35)31-23-14-11-21(12-15-23)20-9-6-5-7-10-20/h2*3,5-16,24-25,27-28,34H,4,17-19H2,1-2H3,(H,31,35)/b8-3+;8-3-/t2*24-,25-,27+,28-/m11/s1. The van der Waals surface area contributed by atoms with Gasteiger partial charge in [-0.3, -0.25) is 29.0 Å². The molecule has 0 saturated carbocycles. The van der Waals surface area contributed by atoms with E-state index >= 15 is 0 Å². The van der Waals surface area contributed by atoms with Gasteiger partial charge >= 0.3 is 0 Å². The summed E-state index contributed by atoms with van der Waals surface area (Å²) in [6.07, 6.45) is 9.14. The van der Waals surface area contributed by atoms with Crippen LogP contribution in [-0.4, -0.2) is 79.3 Å². The lowest BCUT2D eigenvalue weighted by Crippen LogP contribution is -2.46. The van der Waals surface area contributed by atoms with Gasteiger partial charge < -0.3 is 30.0 Å². The number of carbonyl (C=O) groups excluding carboxylic acids is 2. The number of rotatable bonds is 14. The highest BCUT2D eigenvalue weighted by molar-refractivity contribution is 5.96. The summed E-state index contributed by atoms with van der Waals surface area (Å²) in [5.74, 6) is -0.713. The Morgan fingerprint density at radius 2 is 0.889 bits per heavy atom. The number of aromatic nitrogens is 2. The number of nitrogens with one attached hydrogen (secondary N) is 2. The van der Waals surface area contributed by atoms with Crippen molar-refractivity contribution in [1.82, 2.24) is 18.9 Å². The number of carbonyl (C=O) groups is 2. The lowest BCUT2D eigenvalue weighted by molar-refractivity contribution is -0.123. The van der Waals surface area contributed by atoms with Crippen molar-refractivity contribution < 1.29 is 19.8 Å². The Morgan fingerprint density at radius 1 is 0.528 bits per heavy atom. The van der Waals surface area contributed by atoms with Crippen LogP contribution in [-0.2, 0) is 22.7 Å². The van der Waals surface area contributed by atoms with Gasteiger partial charge in [0, 0.05) is 83.9 Å². The fourth-order valence-electron chi connectivity index (χ4n) is 12.1. The molecule has 4 aliphatic rings. The van der Waals surface area contributed by atoms with Crippen molar-refractivity contribution >= 4 is 35.3 Å². The molecule has 0 unspecified atom stereocenters. The Morgan fingerprint density at radius 3 is 1.22 bits per heavy atom. The van der Waals surface area contributed by atoms with Gasteiger partial charge in [0.1, 0.15) is 0 Å². The van der Waals surface area contributed by atoms with Crippen LogP contribution in [0.15, 0.2) is 155 Å². The maximum Gasteiger partial charge on any atom is 0.258 e. The zero-order valence-corrected chi connectivity index (χ0v) is 41.6. The van der Waals surface area contributed by atoms with E-state index in [1.165, 1.54) is 0 Å². The summed E-state index contributed by atoms with van der Waals surface area (Å²) < 4.78 is 3.68. The van der Waals surface area contributed by atoms with Crippen LogP contribution < -0.4 is 21.8 Å². The van der Waals surface area contributed by atoms with E-state index in [0.717, 1.165) is 57.9 Å². The summed E-state index contributed by atoms with van der Waals surface area (Å²) >= 11 is 0. The maximum atomic E-state index is 13.6. The van der Waals surface area contributed by atoms with Crippen molar-refractivity contribution in [3.05, 3.63) is 189 Å². The molecule has 72 heavy (non-hydrogen) atoms. The average molecular weight is 967 g/mol. The lowest BCUT2D eigenvalue weighted by Gasteiger charge is -2.30. The Bertz CT molecular complexity index is 2830. The topological polar surface area (TPSA) is 149 Å². The second-order valence-corrected chi connectivity index (χ2v) is 19.4. The van der Waals surface area contributed by atoms with Gasteiger partial charge in [-0.05, 0) is 111 Å². The van der Waals surface area contributed by atoms with Gasteiger partial charge in [0.15, 0.2) is 0 Å². The zero-order valence-electron chi connectivity index (χ0n) is 41.6. The molecule has 0 bridgehead atoms. The van der Waals surface area contributed by atoms with Crippen molar-refractivity contribution in [3.63, 3.8) is 0 Å². The number of anilines is 2. The van der Waals surface area contributed by atoms with Gasteiger partial charge in [-0.25, -0.2) is 0 Å². The molecule has 0 aliphatic carbocycles. The smallest absolute Gasteiger partial charge is 0.258 e. The number of nitrogens with zero attached hydrogens (tertiary/aromatic N) is 4. The van der Waals surface area contributed by atoms with Crippen LogP contribution in [0, 0.1) is 23.7 Å². The minimum atomic E-state index is -0.460. The molecule has 0 spiro atoms. The molecule has 2 saturated heterocycles. The number of pyridine rings is 2. The molecule has 0 radical (unpaired) electrons. The fourth-order valence-corrected chi connectivity index (χ4v) is 12.1. The molecule has 6 heterocycles. The minimum absolute atomic E-state index is 0.00585. The van der Waals surface area contributed by atoms with Crippen molar-refractivity contribution in [2.45, 2.75) is 77.8 Å². The normalized spacial score (nSPS) is 23.1. The maximum absolute atomic E-state index is 13.6. The quantitative estimate of drug-likeness (QED) is 0.0845. The van der Waals surface area contributed by atoms with Crippen LogP contribution in [0.4, 0.5) is 11.4 Å². The molecule has 12 heteroatoms. The van der Waals surface area contributed by atoms with Crippen LogP contribution in [0.3, 0.4) is 0 Å². The first-order valence-electron chi connectivity index (χ1n) is 25.5. The van der Waals surface area contributed by atoms with Gasteiger partial charge in [-0.2, -0.15) is 0 Å². The highest BCUT2D eigenvalue weighted by Crippen LogP contribution is 2.51. The summed E-state index contributed by atoms with van der Waals surface area (Å²) in [5, 5.41) is 27.1. The molecular weight excluding hydrogens is 901 g/mol. The van der Waals surface area contributed by atoms with Gasteiger partial charge in [-0.15, -0.1) is 0 Å². The largest absolute Gasteiger partial charge is 0.396 e. The highest BCUT2D eigenvalue weighted by atomic mass is 16.3. The molecule has 2 aromatic heterocycles. The van der Waals surface area contributed by atoms with Gasteiger partial charge in [0.25, 0.3) is 11.1 Å².